The van der Waals surface area contributed by atoms with Gasteiger partial charge in [0.05, 0.1) is 0 Å². The van der Waals surface area contributed by atoms with E-state index in [1.807, 2.05) is 0 Å². The Morgan fingerprint density at radius 1 is 0.895 bits per heavy atom. The third kappa shape index (κ3) is 4.91. The molecule has 2 heterocycles. The maximum absolute atomic E-state index is 11.7. The molecular weight excluding hydrogens is 316 g/mol. The van der Waals surface area contributed by atoms with Crippen molar-refractivity contribution in [2.24, 2.45) is 0 Å². The maximum atomic E-state index is 11.7. The molecule has 0 saturated carbocycles. The molecule has 2 atom stereocenters. The first kappa shape index (κ1) is 19.8. The van der Waals surface area contributed by atoms with Gasteiger partial charge in [-0.15, -0.1) is 0 Å². The van der Waals surface area contributed by atoms with E-state index in [1.165, 1.54) is 12.4 Å². The van der Waals surface area contributed by atoms with E-state index >= 15 is 0 Å². The second kappa shape index (κ2) is 7.68. The third-order valence-corrected chi connectivity index (χ3v) is 5.12. The fourth-order valence-electron chi connectivity index (χ4n) is 1.03. The molecule has 2 unspecified atom stereocenters. The van der Waals surface area contributed by atoms with Crippen molar-refractivity contribution in [2.75, 3.05) is 0 Å². The smallest absolute Gasteiger partial charge is 0.307 e. The summed E-state index contributed by atoms with van der Waals surface area (Å²) in [6.07, 6.45) is 6.80. The molecule has 2 rings (SSSR count). The van der Waals surface area contributed by atoms with Gasteiger partial charge in [0.25, 0.3) is 0 Å². The molecule has 0 aliphatic rings. The van der Waals surface area contributed by atoms with Gasteiger partial charge in [0, 0.05) is 24.8 Å². The zero-order valence-corrected chi connectivity index (χ0v) is 16.1. The zero-order chi connectivity index (χ0) is 12.5. The second-order valence-corrected chi connectivity index (χ2v) is 6.49. The summed E-state index contributed by atoms with van der Waals surface area (Å²) in [5, 5.41) is 0. The van der Waals surface area contributed by atoms with Gasteiger partial charge < -0.3 is 9.79 Å². The summed E-state index contributed by atoms with van der Waals surface area (Å²) in [6.45, 7) is 0. The first-order valence-electron chi connectivity index (χ1n) is 4.26. The van der Waals surface area contributed by atoms with E-state index in [1.54, 1.807) is 0 Å². The van der Waals surface area contributed by atoms with Crippen molar-refractivity contribution in [3.8, 4) is 0 Å². The number of nitrogens with zero attached hydrogens (tertiary/aromatic N) is 4. The molecule has 19 heavy (non-hydrogen) atoms. The van der Waals surface area contributed by atoms with E-state index in [0.717, 1.165) is 25.0 Å². The third-order valence-electron chi connectivity index (χ3n) is 1.78. The van der Waals surface area contributed by atoms with Crippen LogP contribution in [0.25, 0.3) is 0 Å². The molecule has 9 nitrogen and oxygen atoms in total. The van der Waals surface area contributed by atoms with Crippen LogP contribution in [0.1, 0.15) is 0 Å². The number of imidazole rings is 2. The molecule has 13 heteroatoms. The molecule has 0 spiro atoms. The molecule has 0 aromatic carbocycles. The van der Waals surface area contributed by atoms with Crippen molar-refractivity contribution in [3.05, 3.63) is 37.4 Å². The molecule has 0 aliphatic carbocycles. The Balaban J connectivity index is 0.00000162. The average Bonchev–Trinajstić information content (AvgIpc) is 2.91. The predicted octanol–water partition coefficient (Wildman–Crippen LogP) is -5.30. The summed E-state index contributed by atoms with van der Waals surface area (Å²) < 4.78 is 29.2. The number of hydrogen-bond acceptors (Lipinski definition) is 5. The first-order valence-corrected chi connectivity index (χ1v) is 7.32. The average molecular weight is 324 g/mol. The molecule has 2 aromatic heterocycles. The van der Waals surface area contributed by atoms with E-state index in [9.17, 15) is 18.9 Å². The molecule has 0 amide bonds. The standard InChI is InChI=1S/C6H8N4O5P2.2Na/c11-16(12,9-3-1-7-5-9)15-17(13,14)10-4-2-8-6-10;;/h1-6H,(H,11,12)(H,13,14);;/q;2*+1. The quantitative estimate of drug-likeness (QED) is 0.426. The van der Waals surface area contributed by atoms with Gasteiger partial charge >= 0.3 is 74.6 Å². The van der Waals surface area contributed by atoms with Crippen LogP contribution in [0.5, 0.6) is 0 Å². The van der Waals surface area contributed by atoms with E-state index in [0.29, 0.717) is 8.68 Å². The number of hydrogen-bond donors (Lipinski definition) is 2. The molecule has 92 valence electrons. The zero-order valence-electron chi connectivity index (χ0n) is 10.3. The van der Waals surface area contributed by atoms with Crippen molar-refractivity contribution < 1.29 is 82.3 Å². The Kier molecular flexibility index (Phi) is 7.99. The Morgan fingerprint density at radius 3 is 1.53 bits per heavy atom. The molecule has 0 aliphatic heterocycles. The summed E-state index contributed by atoms with van der Waals surface area (Å²) in [4.78, 5) is 26.1. The number of rotatable bonds is 4. The topological polar surface area (TPSA) is 119 Å². The van der Waals surface area contributed by atoms with Crippen LogP contribution >= 0.6 is 15.5 Å². The summed E-state index contributed by atoms with van der Waals surface area (Å²) in [5.74, 6) is 0. The Bertz CT molecular complexity index is 537. The van der Waals surface area contributed by atoms with E-state index in [2.05, 4.69) is 14.3 Å². The van der Waals surface area contributed by atoms with Gasteiger partial charge in [-0.05, 0) is 0 Å². The molecule has 2 N–H and O–H groups in total. The van der Waals surface area contributed by atoms with Gasteiger partial charge in [0.1, 0.15) is 12.7 Å². The van der Waals surface area contributed by atoms with E-state index < -0.39 is 15.5 Å². The van der Waals surface area contributed by atoms with Crippen molar-refractivity contribution in [1.29, 1.82) is 0 Å². The van der Waals surface area contributed by atoms with Crippen LogP contribution in [-0.2, 0) is 13.4 Å². The molecule has 0 fully saturated rings. The van der Waals surface area contributed by atoms with Gasteiger partial charge in [0.15, 0.2) is 0 Å². The van der Waals surface area contributed by atoms with Crippen LogP contribution in [0.15, 0.2) is 37.4 Å². The van der Waals surface area contributed by atoms with Crippen LogP contribution in [0, 0.1) is 0 Å². The van der Waals surface area contributed by atoms with Crippen LogP contribution in [-0.4, -0.2) is 28.4 Å². The van der Waals surface area contributed by atoms with E-state index in [4.69, 9.17) is 0 Å². The van der Waals surface area contributed by atoms with Gasteiger partial charge in [-0.1, -0.05) is 0 Å². The van der Waals surface area contributed by atoms with Gasteiger partial charge in [-0.3, -0.25) is 0 Å². The Hall–Kier alpha value is 0.760. The minimum absolute atomic E-state index is 0. The van der Waals surface area contributed by atoms with Crippen molar-refractivity contribution in [2.45, 2.75) is 0 Å². The molecule has 0 radical (unpaired) electrons. The second-order valence-electron chi connectivity index (χ2n) is 2.95. The van der Waals surface area contributed by atoms with Gasteiger partial charge in [-0.2, -0.15) is 4.31 Å². The minimum atomic E-state index is -4.47. The Morgan fingerprint density at radius 2 is 1.26 bits per heavy atom. The fourth-order valence-corrected chi connectivity index (χ4v) is 3.65. The van der Waals surface area contributed by atoms with Crippen molar-refractivity contribution in [1.82, 2.24) is 18.6 Å². The summed E-state index contributed by atoms with van der Waals surface area (Å²) in [5.41, 5.74) is 0. The maximum Gasteiger partial charge on any atom is 1.00 e. The van der Waals surface area contributed by atoms with Crippen molar-refractivity contribution in [3.63, 3.8) is 0 Å². The van der Waals surface area contributed by atoms with Crippen LogP contribution in [0.4, 0.5) is 0 Å². The van der Waals surface area contributed by atoms with Crippen LogP contribution in [0.3, 0.4) is 0 Å². The Labute approximate surface area is 152 Å². The fraction of sp³-hybridized carbons (Fsp3) is 0. The normalized spacial score (nSPS) is 16.5. The summed E-state index contributed by atoms with van der Waals surface area (Å²) in [6, 6.07) is 0. The van der Waals surface area contributed by atoms with Crippen LogP contribution in [0.2, 0.25) is 0 Å². The summed E-state index contributed by atoms with van der Waals surface area (Å²) >= 11 is 0. The monoisotopic (exact) mass is 324 g/mol. The first-order chi connectivity index (χ1) is 7.92. The van der Waals surface area contributed by atoms with Crippen LogP contribution < -0.4 is 59.1 Å². The number of aromatic nitrogens is 4. The summed E-state index contributed by atoms with van der Waals surface area (Å²) in [7, 11) is -8.93. The largest absolute Gasteiger partial charge is 1.00 e. The van der Waals surface area contributed by atoms with Gasteiger partial charge in [-0.25, -0.2) is 27.8 Å². The van der Waals surface area contributed by atoms with E-state index in [-0.39, 0.29) is 59.1 Å². The van der Waals surface area contributed by atoms with Crippen molar-refractivity contribution >= 4 is 15.5 Å². The molecule has 2 aromatic rings. The van der Waals surface area contributed by atoms with Gasteiger partial charge in [0.2, 0.25) is 0 Å². The SMILES string of the molecule is O=P(O)(OP(=O)(O)n1ccnc1)n1ccnc1.[Na+].[Na+]. The minimum Gasteiger partial charge on any atom is -0.307 e. The molecular formula is C6H8N4Na2O5P2+2. The molecule has 0 bridgehead atoms. The predicted molar refractivity (Wildman–Crippen MR) is 56.0 cm³/mol. The molecule has 0 saturated heterocycles.